The van der Waals surface area contributed by atoms with Crippen LogP contribution in [-0.4, -0.2) is 22.4 Å². The van der Waals surface area contributed by atoms with Crippen LogP contribution in [0.5, 0.6) is 0 Å². The molecule has 2 aromatic rings. The van der Waals surface area contributed by atoms with E-state index in [2.05, 4.69) is 11.2 Å². The van der Waals surface area contributed by atoms with Crippen molar-refractivity contribution < 1.29 is 9.53 Å². The zero-order chi connectivity index (χ0) is 13.8. The zero-order valence-corrected chi connectivity index (χ0v) is 10.8. The second-order valence-corrected chi connectivity index (χ2v) is 3.94. The van der Waals surface area contributed by atoms with E-state index in [0.717, 1.165) is 5.69 Å². The highest BCUT2D eigenvalue weighted by atomic mass is 16.5. The molecule has 0 spiro atoms. The van der Waals surface area contributed by atoms with E-state index in [1.165, 1.54) is 6.20 Å². The molecule has 0 fully saturated rings. The third kappa shape index (κ3) is 2.47. The van der Waals surface area contributed by atoms with Crippen LogP contribution in [0.1, 0.15) is 28.5 Å². The van der Waals surface area contributed by atoms with E-state index >= 15 is 0 Å². The van der Waals surface area contributed by atoms with Crippen molar-refractivity contribution in [1.29, 1.82) is 5.26 Å². The zero-order valence-electron chi connectivity index (χ0n) is 10.8. The number of hydrogen-bond donors (Lipinski definition) is 0. The predicted octanol–water partition coefficient (Wildman–Crippen LogP) is 2.23. The second kappa shape index (κ2) is 5.36. The van der Waals surface area contributed by atoms with E-state index in [1.54, 1.807) is 36.7 Å². The molecule has 0 saturated carbocycles. The Morgan fingerprint density at radius 2 is 2.32 bits per heavy atom. The number of rotatable bonds is 3. The number of nitriles is 1. The summed E-state index contributed by atoms with van der Waals surface area (Å²) in [6.07, 6.45) is 1.48. The molecule has 0 aliphatic heterocycles. The minimum absolute atomic E-state index is 0.327. The number of esters is 1. The summed E-state index contributed by atoms with van der Waals surface area (Å²) < 4.78 is 6.58. The van der Waals surface area contributed by atoms with Crippen LogP contribution in [-0.2, 0) is 4.74 Å². The molecule has 2 rings (SSSR count). The third-order valence-electron chi connectivity index (χ3n) is 2.72. The molecule has 0 radical (unpaired) electrons. The summed E-state index contributed by atoms with van der Waals surface area (Å²) in [5, 5.41) is 13.1. The van der Waals surface area contributed by atoms with Crippen LogP contribution in [0.15, 0.2) is 30.5 Å². The van der Waals surface area contributed by atoms with Gasteiger partial charge in [0.15, 0.2) is 0 Å². The molecule has 5 heteroatoms. The first-order valence-electron chi connectivity index (χ1n) is 5.89. The minimum atomic E-state index is -0.386. The molecule has 5 nitrogen and oxygen atoms in total. The quantitative estimate of drug-likeness (QED) is 0.789. The molecular weight excluding hydrogens is 242 g/mol. The molecule has 0 saturated heterocycles. The van der Waals surface area contributed by atoms with Crippen LogP contribution in [0.25, 0.3) is 5.69 Å². The maximum Gasteiger partial charge on any atom is 0.341 e. The van der Waals surface area contributed by atoms with Crippen LogP contribution in [0, 0.1) is 18.3 Å². The standard InChI is InChI=1S/C14H13N3O2/c1-3-19-14(18)13-9-16-17(10(13)2)12-6-4-5-11(7-12)8-15/h4-7,9H,3H2,1-2H3. The summed E-state index contributed by atoms with van der Waals surface area (Å²) in [4.78, 5) is 11.7. The summed E-state index contributed by atoms with van der Waals surface area (Å²) >= 11 is 0. The van der Waals surface area contributed by atoms with Gasteiger partial charge in [0.25, 0.3) is 0 Å². The molecule has 0 N–H and O–H groups in total. The van der Waals surface area contributed by atoms with Crippen LogP contribution in [0.2, 0.25) is 0 Å². The van der Waals surface area contributed by atoms with Crippen molar-refractivity contribution in [3.63, 3.8) is 0 Å². The average molecular weight is 255 g/mol. The third-order valence-corrected chi connectivity index (χ3v) is 2.72. The smallest absolute Gasteiger partial charge is 0.341 e. The Labute approximate surface area is 111 Å². The highest BCUT2D eigenvalue weighted by Crippen LogP contribution is 2.16. The summed E-state index contributed by atoms with van der Waals surface area (Å²) in [5.74, 6) is -0.386. The summed E-state index contributed by atoms with van der Waals surface area (Å²) in [5.41, 5.74) is 2.41. The molecule has 19 heavy (non-hydrogen) atoms. The number of hydrogen-bond acceptors (Lipinski definition) is 4. The molecule has 96 valence electrons. The van der Waals surface area contributed by atoms with Crippen LogP contribution in [0.3, 0.4) is 0 Å². The predicted molar refractivity (Wildman–Crippen MR) is 69.0 cm³/mol. The van der Waals surface area contributed by atoms with Crippen molar-refractivity contribution in [2.75, 3.05) is 6.61 Å². The van der Waals surface area contributed by atoms with Crippen molar-refractivity contribution in [3.8, 4) is 11.8 Å². The van der Waals surface area contributed by atoms with Gasteiger partial charge in [-0.3, -0.25) is 0 Å². The summed E-state index contributed by atoms with van der Waals surface area (Å²) in [7, 11) is 0. The second-order valence-electron chi connectivity index (χ2n) is 3.94. The molecule has 1 aromatic heterocycles. The normalized spacial score (nSPS) is 9.95. The SMILES string of the molecule is CCOC(=O)c1cnn(-c2cccc(C#N)c2)c1C. The Morgan fingerprint density at radius 1 is 1.53 bits per heavy atom. The van der Waals surface area contributed by atoms with Crippen molar-refractivity contribution in [1.82, 2.24) is 9.78 Å². The Morgan fingerprint density at radius 3 is 3.00 bits per heavy atom. The van der Waals surface area contributed by atoms with E-state index in [0.29, 0.717) is 23.4 Å². The lowest BCUT2D eigenvalue weighted by Gasteiger charge is -2.05. The number of nitrogens with zero attached hydrogens (tertiary/aromatic N) is 3. The average Bonchev–Trinajstić information content (AvgIpc) is 2.81. The van der Waals surface area contributed by atoms with Gasteiger partial charge in [-0.1, -0.05) is 6.07 Å². The first-order valence-corrected chi connectivity index (χ1v) is 5.89. The fourth-order valence-electron chi connectivity index (χ4n) is 1.79. The molecule has 0 aliphatic carbocycles. The fraction of sp³-hybridized carbons (Fsp3) is 0.214. The Bertz CT molecular complexity index is 653. The van der Waals surface area contributed by atoms with Gasteiger partial charge in [0.2, 0.25) is 0 Å². The van der Waals surface area contributed by atoms with Gasteiger partial charge in [-0.2, -0.15) is 10.4 Å². The van der Waals surface area contributed by atoms with E-state index < -0.39 is 0 Å². The fourth-order valence-corrected chi connectivity index (χ4v) is 1.79. The molecule has 0 amide bonds. The number of benzene rings is 1. The van der Waals surface area contributed by atoms with E-state index in [-0.39, 0.29) is 5.97 Å². The topological polar surface area (TPSA) is 67.9 Å². The maximum atomic E-state index is 11.7. The molecular formula is C14H13N3O2. The van der Waals surface area contributed by atoms with Crippen LogP contribution >= 0.6 is 0 Å². The summed E-state index contributed by atoms with van der Waals surface area (Å²) in [6.45, 7) is 3.87. The van der Waals surface area contributed by atoms with Gasteiger partial charge in [0.1, 0.15) is 5.56 Å². The van der Waals surface area contributed by atoms with Crippen molar-refractivity contribution in [2.24, 2.45) is 0 Å². The van der Waals surface area contributed by atoms with Crippen molar-refractivity contribution in [3.05, 3.63) is 47.3 Å². The van der Waals surface area contributed by atoms with Crippen molar-refractivity contribution >= 4 is 5.97 Å². The number of aromatic nitrogens is 2. The number of ether oxygens (including phenoxy) is 1. The molecule has 1 aromatic carbocycles. The monoisotopic (exact) mass is 255 g/mol. The Kier molecular flexibility index (Phi) is 3.62. The Balaban J connectivity index is 2.42. The van der Waals surface area contributed by atoms with Gasteiger partial charge in [-0.05, 0) is 32.0 Å². The first kappa shape index (κ1) is 12.8. The Hall–Kier alpha value is -2.61. The molecule has 0 atom stereocenters. The van der Waals surface area contributed by atoms with Gasteiger partial charge in [-0.25, -0.2) is 9.48 Å². The molecule has 0 unspecified atom stereocenters. The first-order chi connectivity index (χ1) is 9.17. The van der Waals surface area contributed by atoms with Crippen molar-refractivity contribution in [2.45, 2.75) is 13.8 Å². The van der Waals surface area contributed by atoms with Gasteiger partial charge in [0.05, 0.1) is 35.8 Å². The highest BCUT2D eigenvalue weighted by molar-refractivity contribution is 5.90. The maximum absolute atomic E-state index is 11.7. The van der Waals surface area contributed by atoms with Crippen LogP contribution < -0.4 is 0 Å². The van der Waals surface area contributed by atoms with Gasteiger partial charge >= 0.3 is 5.97 Å². The van der Waals surface area contributed by atoms with E-state index in [1.807, 2.05) is 6.07 Å². The molecule has 0 bridgehead atoms. The summed E-state index contributed by atoms with van der Waals surface area (Å²) in [6, 6.07) is 9.11. The largest absolute Gasteiger partial charge is 0.462 e. The lowest BCUT2D eigenvalue weighted by atomic mass is 10.2. The molecule has 1 heterocycles. The number of carbonyl (C=O) groups excluding carboxylic acids is 1. The lowest BCUT2D eigenvalue weighted by Crippen LogP contribution is -2.07. The molecule has 0 aliphatic rings. The van der Waals surface area contributed by atoms with Crippen LogP contribution in [0.4, 0.5) is 0 Å². The number of carbonyl (C=O) groups is 1. The van der Waals surface area contributed by atoms with Gasteiger partial charge in [-0.15, -0.1) is 0 Å². The van der Waals surface area contributed by atoms with Gasteiger partial charge < -0.3 is 4.74 Å². The van der Waals surface area contributed by atoms with Gasteiger partial charge in [0, 0.05) is 0 Å². The highest BCUT2D eigenvalue weighted by Gasteiger charge is 2.15. The lowest BCUT2D eigenvalue weighted by molar-refractivity contribution is 0.0525. The minimum Gasteiger partial charge on any atom is -0.462 e. The van der Waals surface area contributed by atoms with E-state index in [4.69, 9.17) is 10.00 Å². The van der Waals surface area contributed by atoms with E-state index in [9.17, 15) is 4.79 Å².